The summed E-state index contributed by atoms with van der Waals surface area (Å²) in [6, 6.07) is 4.73. The molecule has 0 radical (unpaired) electrons. The van der Waals surface area contributed by atoms with Crippen LogP contribution in [0.4, 0.5) is 0 Å². The van der Waals surface area contributed by atoms with E-state index in [0.29, 0.717) is 17.7 Å². The van der Waals surface area contributed by atoms with Gasteiger partial charge in [-0.1, -0.05) is 0 Å². The minimum Gasteiger partial charge on any atom is -0.508 e. The van der Waals surface area contributed by atoms with Crippen molar-refractivity contribution in [3.8, 4) is 11.8 Å². The molecule has 1 heterocycles. The molecule has 0 amide bonds. The van der Waals surface area contributed by atoms with Crippen molar-refractivity contribution in [2.24, 2.45) is 0 Å². The van der Waals surface area contributed by atoms with Crippen molar-refractivity contribution in [3.05, 3.63) is 18.2 Å². The fourth-order valence-electron chi connectivity index (χ4n) is 1.08. The first-order valence-corrected chi connectivity index (χ1v) is 4.02. The van der Waals surface area contributed by atoms with Gasteiger partial charge in [-0.05, 0) is 19.1 Å². The molecule has 0 aliphatic carbocycles. The molecule has 1 aromatic carbocycles. The molecule has 0 aliphatic rings. The lowest BCUT2D eigenvalue weighted by atomic mass is 10.3. The molecule has 0 saturated carbocycles. The van der Waals surface area contributed by atoms with Gasteiger partial charge >= 0.3 is 6.08 Å². The molecule has 0 bridgehead atoms. The Kier molecular flexibility index (Phi) is 1.81. The standard InChI is InChI=1S/C9H9NO3/c1-2-12-9-10-7-5-6(11)3-4-8(7)13-9/h3-5,11H,2H2,1H3. The van der Waals surface area contributed by atoms with Crippen molar-refractivity contribution in [1.82, 2.24) is 4.98 Å². The summed E-state index contributed by atoms with van der Waals surface area (Å²) in [6.45, 7) is 2.37. The highest BCUT2D eigenvalue weighted by atomic mass is 16.6. The molecule has 13 heavy (non-hydrogen) atoms. The predicted octanol–water partition coefficient (Wildman–Crippen LogP) is 1.93. The largest absolute Gasteiger partial charge is 0.508 e. The number of rotatable bonds is 2. The number of phenols is 1. The van der Waals surface area contributed by atoms with Gasteiger partial charge in [0.2, 0.25) is 0 Å². The summed E-state index contributed by atoms with van der Waals surface area (Å²) in [5.41, 5.74) is 1.21. The van der Waals surface area contributed by atoms with E-state index in [1.54, 1.807) is 12.1 Å². The maximum absolute atomic E-state index is 9.15. The molecule has 0 atom stereocenters. The first kappa shape index (κ1) is 7.91. The van der Waals surface area contributed by atoms with Gasteiger partial charge < -0.3 is 14.3 Å². The van der Waals surface area contributed by atoms with Crippen LogP contribution in [0.3, 0.4) is 0 Å². The Balaban J connectivity index is 2.49. The van der Waals surface area contributed by atoms with Gasteiger partial charge in [0.05, 0.1) is 6.61 Å². The van der Waals surface area contributed by atoms with Crippen molar-refractivity contribution in [2.75, 3.05) is 6.61 Å². The number of hydrogen-bond acceptors (Lipinski definition) is 4. The SMILES string of the molecule is CCOc1nc2cc(O)ccc2o1. The second-order valence-electron chi connectivity index (χ2n) is 2.56. The van der Waals surface area contributed by atoms with Crippen molar-refractivity contribution >= 4 is 11.1 Å². The van der Waals surface area contributed by atoms with Gasteiger partial charge in [0, 0.05) is 6.07 Å². The number of benzene rings is 1. The summed E-state index contributed by atoms with van der Waals surface area (Å²) in [5.74, 6) is 0.170. The highest BCUT2D eigenvalue weighted by molar-refractivity contribution is 5.74. The third-order valence-corrected chi connectivity index (χ3v) is 1.62. The van der Waals surface area contributed by atoms with Crippen molar-refractivity contribution in [3.63, 3.8) is 0 Å². The molecule has 4 nitrogen and oxygen atoms in total. The number of phenolic OH excluding ortho intramolecular Hbond substituents is 1. The summed E-state index contributed by atoms with van der Waals surface area (Å²) in [5, 5.41) is 9.15. The third kappa shape index (κ3) is 1.42. The van der Waals surface area contributed by atoms with Crippen LogP contribution in [-0.4, -0.2) is 16.7 Å². The summed E-state index contributed by atoms with van der Waals surface area (Å²) in [7, 11) is 0. The molecule has 0 saturated heterocycles. The molecule has 2 rings (SSSR count). The third-order valence-electron chi connectivity index (χ3n) is 1.62. The lowest BCUT2D eigenvalue weighted by Gasteiger charge is -1.91. The molecule has 0 unspecified atom stereocenters. The smallest absolute Gasteiger partial charge is 0.394 e. The molecule has 1 aromatic heterocycles. The second kappa shape index (κ2) is 2.97. The topological polar surface area (TPSA) is 55.5 Å². The van der Waals surface area contributed by atoms with Gasteiger partial charge in [0.1, 0.15) is 11.3 Å². The monoisotopic (exact) mass is 179 g/mol. The Morgan fingerprint density at radius 2 is 2.38 bits per heavy atom. The van der Waals surface area contributed by atoms with Crippen LogP contribution in [0.1, 0.15) is 6.92 Å². The van der Waals surface area contributed by atoms with Crippen LogP contribution in [0.2, 0.25) is 0 Å². The van der Waals surface area contributed by atoms with Crippen LogP contribution < -0.4 is 4.74 Å². The summed E-state index contributed by atoms with van der Waals surface area (Å²) in [6.07, 6.45) is 0.239. The van der Waals surface area contributed by atoms with Crippen LogP contribution in [0.5, 0.6) is 11.8 Å². The quantitative estimate of drug-likeness (QED) is 0.765. The lowest BCUT2D eigenvalue weighted by Crippen LogP contribution is -1.89. The maximum atomic E-state index is 9.15. The Hall–Kier alpha value is -1.71. The Bertz CT molecular complexity index is 422. The average Bonchev–Trinajstić information content (AvgIpc) is 2.46. The number of oxazole rings is 1. The number of ether oxygens (including phenoxy) is 1. The molecule has 68 valence electrons. The first-order chi connectivity index (χ1) is 6.29. The number of nitrogens with zero attached hydrogens (tertiary/aromatic N) is 1. The van der Waals surface area contributed by atoms with E-state index in [2.05, 4.69) is 4.98 Å². The van der Waals surface area contributed by atoms with E-state index < -0.39 is 0 Å². The zero-order chi connectivity index (χ0) is 9.26. The van der Waals surface area contributed by atoms with E-state index in [4.69, 9.17) is 14.3 Å². The highest BCUT2D eigenvalue weighted by Crippen LogP contribution is 2.23. The lowest BCUT2D eigenvalue weighted by molar-refractivity contribution is 0.251. The Morgan fingerprint density at radius 3 is 3.15 bits per heavy atom. The van der Waals surface area contributed by atoms with E-state index in [9.17, 15) is 0 Å². The van der Waals surface area contributed by atoms with Crippen LogP contribution >= 0.6 is 0 Å². The van der Waals surface area contributed by atoms with Crippen LogP contribution in [0.25, 0.3) is 11.1 Å². The minimum absolute atomic E-state index is 0.170. The van der Waals surface area contributed by atoms with Crippen LogP contribution in [-0.2, 0) is 0 Å². The first-order valence-electron chi connectivity index (χ1n) is 4.02. The summed E-state index contributed by atoms with van der Waals surface area (Å²) in [4.78, 5) is 4.01. The van der Waals surface area contributed by atoms with Crippen LogP contribution in [0.15, 0.2) is 22.6 Å². The minimum atomic E-state index is 0.170. The van der Waals surface area contributed by atoms with E-state index in [1.807, 2.05) is 6.92 Å². The van der Waals surface area contributed by atoms with Gasteiger partial charge in [0.15, 0.2) is 5.58 Å². The molecular formula is C9H9NO3. The number of hydrogen-bond donors (Lipinski definition) is 1. The van der Waals surface area contributed by atoms with Crippen molar-refractivity contribution in [2.45, 2.75) is 6.92 Å². The zero-order valence-corrected chi connectivity index (χ0v) is 7.15. The van der Waals surface area contributed by atoms with Gasteiger partial charge in [-0.2, -0.15) is 4.98 Å². The molecule has 0 aliphatic heterocycles. The van der Waals surface area contributed by atoms with E-state index in [1.165, 1.54) is 6.07 Å². The predicted molar refractivity (Wildman–Crippen MR) is 46.8 cm³/mol. The molecule has 2 aromatic rings. The number of fused-ring (bicyclic) bond motifs is 1. The fraction of sp³-hybridized carbons (Fsp3) is 0.222. The number of aromatic nitrogens is 1. The van der Waals surface area contributed by atoms with Crippen LogP contribution in [0, 0.1) is 0 Å². The van der Waals surface area contributed by atoms with Gasteiger partial charge in [0.25, 0.3) is 0 Å². The van der Waals surface area contributed by atoms with Gasteiger partial charge in [-0.3, -0.25) is 0 Å². The molecule has 0 fully saturated rings. The number of aromatic hydroxyl groups is 1. The van der Waals surface area contributed by atoms with Crippen molar-refractivity contribution < 1.29 is 14.3 Å². The van der Waals surface area contributed by atoms with Gasteiger partial charge in [-0.15, -0.1) is 0 Å². The Morgan fingerprint density at radius 1 is 1.54 bits per heavy atom. The van der Waals surface area contributed by atoms with E-state index in [-0.39, 0.29) is 11.8 Å². The highest BCUT2D eigenvalue weighted by Gasteiger charge is 2.05. The summed E-state index contributed by atoms with van der Waals surface area (Å²) >= 11 is 0. The average molecular weight is 179 g/mol. The van der Waals surface area contributed by atoms with Crippen molar-refractivity contribution in [1.29, 1.82) is 0 Å². The van der Waals surface area contributed by atoms with Gasteiger partial charge in [-0.25, -0.2) is 0 Å². The normalized spacial score (nSPS) is 10.5. The Labute approximate surface area is 74.8 Å². The van der Waals surface area contributed by atoms with E-state index >= 15 is 0 Å². The van der Waals surface area contributed by atoms with E-state index in [0.717, 1.165) is 0 Å². The maximum Gasteiger partial charge on any atom is 0.394 e. The molecule has 0 spiro atoms. The fourth-order valence-corrected chi connectivity index (χ4v) is 1.08. The molecular weight excluding hydrogens is 170 g/mol. The summed E-state index contributed by atoms with van der Waals surface area (Å²) < 4.78 is 10.3. The second-order valence-corrected chi connectivity index (χ2v) is 2.56. The molecule has 1 N–H and O–H groups in total. The zero-order valence-electron chi connectivity index (χ0n) is 7.15. The molecule has 4 heteroatoms.